The van der Waals surface area contributed by atoms with Crippen LogP contribution < -0.4 is 15.4 Å². The molecule has 1 aromatic heterocycles. The molecule has 0 saturated carbocycles. The molecule has 0 unspecified atom stereocenters. The molecule has 2 amide bonds. The Labute approximate surface area is 177 Å². The maximum Gasteiger partial charge on any atom is 0.315 e. The molecular formula is C24H29N3O3. The number of nitrogens with zero attached hydrogens (tertiary/aromatic N) is 1. The van der Waals surface area contributed by atoms with Gasteiger partial charge in [-0.15, -0.1) is 0 Å². The molecule has 3 aromatic rings. The first-order valence-corrected chi connectivity index (χ1v) is 10.2. The third-order valence-electron chi connectivity index (χ3n) is 5.23. The van der Waals surface area contributed by atoms with Gasteiger partial charge in [-0.3, -0.25) is 4.79 Å². The summed E-state index contributed by atoms with van der Waals surface area (Å²) in [6, 6.07) is 15.2. The summed E-state index contributed by atoms with van der Waals surface area (Å²) in [5.41, 5.74) is 2.72. The van der Waals surface area contributed by atoms with Crippen molar-refractivity contribution < 1.29 is 14.3 Å². The number of hydrogen-bond donors (Lipinski definition) is 2. The average Bonchev–Trinajstić information content (AvgIpc) is 3.11. The summed E-state index contributed by atoms with van der Waals surface area (Å²) in [6.45, 7) is 6.75. The molecule has 30 heavy (non-hydrogen) atoms. The number of para-hydroxylation sites is 1. The molecule has 0 aliphatic carbocycles. The second-order valence-corrected chi connectivity index (χ2v) is 7.70. The van der Waals surface area contributed by atoms with Gasteiger partial charge < -0.3 is 19.9 Å². The lowest BCUT2D eigenvalue weighted by Gasteiger charge is -2.23. The third-order valence-corrected chi connectivity index (χ3v) is 5.23. The topological polar surface area (TPSA) is 72.4 Å². The van der Waals surface area contributed by atoms with Crippen molar-refractivity contribution in [1.82, 2.24) is 15.2 Å². The van der Waals surface area contributed by atoms with E-state index in [9.17, 15) is 9.59 Å². The Balaban J connectivity index is 1.62. The second kappa shape index (κ2) is 9.48. The van der Waals surface area contributed by atoms with Crippen molar-refractivity contribution in [2.45, 2.75) is 33.4 Å². The number of benzene rings is 2. The van der Waals surface area contributed by atoms with Gasteiger partial charge >= 0.3 is 6.03 Å². The van der Waals surface area contributed by atoms with Gasteiger partial charge in [-0.2, -0.15) is 0 Å². The second-order valence-electron chi connectivity index (χ2n) is 7.70. The number of urea groups is 1. The fourth-order valence-corrected chi connectivity index (χ4v) is 3.64. The predicted octanol–water partition coefficient (Wildman–Crippen LogP) is 4.55. The Hall–Kier alpha value is -3.28. The van der Waals surface area contributed by atoms with Crippen molar-refractivity contribution in [3.63, 3.8) is 0 Å². The molecule has 0 aliphatic rings. The van der Waals surface area contributed by atoms with E-state index in [1.807, 2.05) is 59.3 Å². The average molecular weight is 408 g/mol. The van der Waals surface area contributed by atoms with Crippen LogP contribution in [0.2, 0.25) is 0 Å². The van der Waals surface area contributed by atoms with Gasteiger partial charge in [-0.1, -0.05) is 44.2 Å². The van der Waals surface area contributed by atoms with Crippen LogP contribution in [-0.2, 0) is 6.54 Å². The molecule has 3 rings (SSSR count). The minimum Gasteiger partial charge on any atom is -0.497 e. The van der Waals surface area contributed by atoms with Crippen LogP contribution in [0, 0.1) is 5.92 Å². The Morgan fingerprint density at radius 3 is 2.40 bits per heavy atom. The fourth-order valence-electron chi connectivity index (χ4n) is 3.64. The third kappa shape index (κ3) is 4.82. The van der Waals surface area contributed by atoms with Crippen LogP contribution in [0.25, 0.3) is 10.9 Å². The highest BCUT2D eigenvalue weighted by molar-refractivity contribution is 6.06. The van der Waals surface area contributed by atoms with Crippen molar-refractivity contribution >= 4 is 22.7 Å². The van der Waals surface area contributed by atoms with Gasteiger partial charge in [0.05, 0.1) is 13.2 Å². The Bertz CT molecular complexity index is 1020. The number of hydrogen-bond acceptors (Lipinski definition) is 3. The first-order valence-electron chi connectivity index (χ1n) is 10.2. The molecular weight excluding hydrogens is 378 g/mol. The first-order chi connectivity index (χ1) is 14.4. The summed E-state index contributed by atoms with van der Waals surface area (Å²) in [5, 5.41) is 6.93. The number of fused-ring (bicyclic) bond motifs is 1. The zero-order valence-corrected chi connectivity index (χ0v) is 17.9. The molecule has 2 aromatic carbocycles. The molecule has 6 nitrogen and oxygen atoms in total. The molecule has 6 heteroatoms. The van der Waals surface area contributed by atoms with E-state index in [4.69, 9.17) is 4.74 Å². The van der Waals surface area contributed by atoms with E-state index in [0.717, 1.165) is 22.2 Å². The van der Waals surface area contributed by atoms with Crippen molar-refractivity contribution in [1.29, 1.82) is 0 Å². The highest BCUT2D eigenvalue weighted by atomic mass is 16.5. The van der Waals surface area contributed by atoms with E-state index in [-0.39, 0.29) is 23.8 Å². The van der Waals surface area contributed by atoms with E-state index < -0.39 is 0 Å². The van der Waals surface area contributed by atoms with Crippen LogP contribution >= 0.6 is 0 Å². The SMILES string of the molecule is COc1ccc([C@@H](NC(=O)NCCn2cc(C(C)=O)c3ccccc32)C(C)C)cc1. The van der Waals surface area contributed by atoms with Gasteiger partial charge in [0.15, 0.2) is 5.78 Å². The number of carbonyl (C=O) groups excluding carboxylic acids is 2. The number of nitrogens with one attached hydrogen (secondary N) is 2. The molecule has 1 atom stereocenters. The highest BCUT2D eigenvalue weighted by Crippen LogP contribution is 2.24. The number of ether oxygens (including phenoxy) is 1. The summed E-state index contributed by atoms with van der Waals surface area (Å²) in [5.74, 6) is 1.06. The van der Waals surface area contributed by atoms with Gasteiger partial charge in [-0.05, 0) is 36.6 Å². The monoisotopic (exact) mass is 407 g/mol. The van der Waals surface area contributed by atoms with E-state index in [0.29, 0.717) is 18.7 Å². The summed E-state index contributed by atoms with van der Waals surface area (Å²) in [4.78, 5) is 24.4. The molecule has 0 spiro atoms. The number of rotatable bonds is 8. The molecule has 0 saturated heterocycles. The number of Topliss-reactive ketones (excluding diaryl/α,β-unsaturated/α-hetero) is 1. The van der Waals surface area contributed by atoms with Crippen LogP contribution in [0.15, 0.2) is 54.7 Å². The number of amides is 2. The van der Waals surface area contributed by atoms with Crippen molar-refractivity contribution in [2.24, 2.45) is 5.92 Å². The van der Waals surface area contributed by atoms with Crippen molar-refractivity contribution in [2.75, 3.05) is 13.7 Å². The van der Waals surface area contributed by atoms with Gasteiger partial charge in [0.1, 0.15) is 5.75 Å². The summed E-state index contributed by atoms with van der Waals surface area (Å²) >= 11 is 0. The molecule has 0 aliphatic heterocycles. The number of ketones is 1. The van der Waals surface area contributed by atoms with Crippen LogP contribution in [0.4, 0.5) is 4.79 Å². The maximum atomic E-state index is 12.5. The maximum absolute atomic E-state index is 12.5. The molecule has 2 N–H and O–H groups in total. The Morgan fingerprint density at radius 1 is 1.07 bits per heavy atom. The molecule has 158 valence electrons. The molecule has 0 radical (unpaired) electrons. The summed E-state index contributed by atoms with van der Waals surface area (Å²) < 4.78 is 7.22. The lowest BCUT2D eigenvalue weighted by molar-refractivity contribution is 0.101. The minimum absolute atomic E-state index is 0.0370. The van der Waals surface area contributed by atoms with Crippen LogP contribution in [-0.4, -0.2) is 30.0 Å². The number of aromatic nitrogens is 1. The quantitative estimate of drug-likeness (QED) is 0.538. The lowest BCUT2D eigenvalue weighted by atomic mass is 9.96. The summed E-state index contributed by atoms with van der Waals surface area (Å²) in [7, 11) is 1.63. The van der Waals surface area contributed by atoms with Gasteiger partial charge in [-0.25, -0.2) is 4.79 Å². The zero-order valence-electron chi connectivity index (χ0n) is 17.9. The zero-order chi connectivity index (χ0) is 21.7. The van der Waals surface area contributed by atoms with Crippen molar-refractivity contribution in [3.8, 4) is 5.75 Å². The first kappa shape index (κ1) is 21.4. The van der Waals surface area contributed by atoms with Gasteiger partial charge in [0, 0.05) is 35.8 Å². The number of carbonyl (C=O) groups is 2. The normalized spacial score (nSPS) is 12.0. The highest BCUT2D eigenvalue weighted by Gasteiger charge is 2.18. The van der Waals surface area contributed by atoms with E-state index >= 15 is 0 Å². The fraction of sp³-hybridized carbons (Fsp3) is 0.333. The van der Waals surface area contributed by atoms with Crippen molar-refractivity contribution in [3.05, 3.63) is 65.9 Å². The van der Waals surface area contributed by atoms with E-state index in [2.05, 4.69) is 24.5 Å². The smallest absolute Gasteiger partial charge is 0.315 e. The Kier molecular flexibility index (Phi) is 6.77. The standard InChI is InChI=1S/C24H29N3O3/c1-16(2)23(18-9-11-19(30-4)12-10-18)26-24(29)25-13-14-27-15-21(17(3)28)20-7-5-6-8-22(20)27/h5-12,15-16,23H,13-14H2,1-4H3,(H2,25,26,29)/t23-/m0/s1. The molecule has 1 heterocycles. The van der Waals surface area contributed by atoms with E-state index in [1.54, 1.807) is 14.0 Å². The van der Waals surface area contributed by atoms with E-state index in [1.165, 1.54) is 0 Å². The molecule has 0 fully saturated rings. The Morgan fingerprint density at radius 2 is 1.77 bits per heavy atom. The lowest BCUT2D eigenvalue weighted by Crippen LogP contribution is -2.40. The predicted molar refractivity (Wildman–Crippen MR) is 119 cm³/mol. The van der Waals surface area contributed by atoms with Crippen LogP contribution in [0.1, 0.15) is 42.7 Å². The number of methoxy groups -OCH3 is 1. The van der Waals surface area contributed by atoms with Crippen LogP contribution in [0.3, 0.4) is 0 Å². The summed E-state index contributed by atoms with van der Waals surface area (Å²) in [6.07, 6.45) is 1.86. The largest absolute Gasteiger partial charge is 0.497 e. The molecule has 0 bridgehead atoms. The van der Waals surface area contributed by atoms with Gasteiger partial charge in [0.2, 0.25) is 0 Å². The minimum atomic E-state index is -0.215. The van der Waals surface area contributed by atoms with Gasteiger partial charge in [0.25, 0.3) is 0 Å². The van der Waals surface area contributed by atoms with Crippen LogP contribution in [0.5, 0.6) is 5.75 Å².